The lowest BCUT2D eigenvalue weighted by Gasteiger charge is -2.34. The van der Waals surface area contributed by atoms with E-state index in [1.807, 2.05) is 12.1 Å². The van der Waals surface area contributed by atoms with Gasteiger partial charge in [0.2, 0.25) is 0 Å². The van der Waals surface area contributed by atoms with Crippen molar-refractivity contribution < 1.29 is 5.11 Å². The lowest BCUT2D eigenvalue weighted by atomic mass is 9.73. The summed E-state index contributed by atoms with van der Waals surface area (Å²) in [6.07, 6.45) is 1.62. The van der Waals surface area contributed by atoms with Gasteiger partial charge < -0.3 is 5.11 Å². The van der Waals surface area contributed by atoms with Crippen LogP contribution in [0.1, 0.15) is 37.5 Å². The minimum Gasteiger partial charge on any atom is -0.388 e. The van der Waals surface area contributed by atoms with Crippen LogP contribution in [0, 0.1) is 5.41 Å². The molecule has 76 valence electrons. The summed E-state index contributed by atoms with van der Waals surface area (Å²) >= 11 is 3.44. The van der Waals surface area contributed by atoms with Crippen molar-refractivity contribution in [2.75, 3.05) is 0 Å². The highest BCUT2D eigenvalue weighted by Crippen LogP contribution is 2.41. The zero-order valence-electron chi connectivity index (χ0n) is 8.55. The van der Waals surface area contributed by atoms with Crippen molar-refractivity contribution in [1.29, 1.82) is 0 Å². The highest BCUT2D eigenvalue weighted by atomic mass is 79.9. The summed E-state index contributed by atoms with van der Waals surface area (Å²) in [4.78, 5) is 0. The Morgan fingerprint density at radius 3 is 2.86 bits per heavy atom. The minimum absolute atomic E-state index is 0.222. The predicted octanol–water partition coefficient (Wildman–Crippen LogP) is 3.45. The van der Waals surface area contributed by atoms with Crippen molar-refractivity contribution in [3.63, 3.8) is 0 Å². The third-order valence-corrected chi connectivity index (χ3v) is 3.38. The summed E-state index contributed by atoms with van der Waals surface area (Å²) in [5, 5.41) is 10.0. The number of rotatable bonds is 0. The lowest BCUT2D eigenvalue weighted by Crippen LogP contribution is -2.25. The maximum Gasteiger partial charge on any atom is 0.0798 e. The number of benzene rings is 1. The van der Waals surface area contributed by atoms with E-state index in [9.17, 15) is 5.11 Å². The molecular weight excluding hydrogens is 240 g/mol. The summed E-state index contributed by atoms with van der Waals surface area (Å²) in [5.41, 5.74) is 2.61. The molecule has 14 heavy (non-hydrogen) atoms. The van der Waals surface area contributed by atoms with E-state index in [0.29, 0.717) is 0 Å². The van der Waals surface area contributed by atoms with Gasteiger partial charge in [-0.2, -0.15) is 0 Å². The van der Waals surface area contributed by atoms with Gasteiger partial charge in [-0.1, -0.05) is 35.8 Å². The molecule has 1 aliphatic carbocycles. The Hall–Kier alpha value is -0.340. The first-order valence-electron chi connectivity index (χ1n) is 4.94. The standard InChI is InChI=1S/C12H15BrO/c1-12(2)6-8-3-4-9(13)5-10(8)11(14)7-12/h3-5,11,14H,6-7H2,1-2H3/t11-/m0/s1. The molecule has 0 saturated heterocycles. The summed E-state index contributed by atoms with van der Waals surface area (Å²) in [5.74, 6) is 0. The molecule has 1 N–H and O–H groups in total. The van der Waals surface area contributed by atoms with Crippen molar-refractivity contribution >= 4 is 15.9 Å². The molecule has 2 heteroatoms. The van der Waals surface area contributed by atoms with Gasteiger partial charge in [0.1, 0.15) is 0 Å². The van der Waals surface area contributed by atoms with Crippen LogP contribution in [0.4, 0.5) is 0 Å². The Kier molecular flexibility index (Phi) is 2.44. The van der Waals surface area contributed by atoms with Crippen LogP contribution in [0.5, 0.6) is 0 Å². The average Bonchev–Trinajstić information content (AvgIpc) is 2.05. The number of aliphatic hydroxyl groups excluding tert-OH is 1. The van der Waals surface area contributed by atoms with E-state index < -0.39 is 0 Å². The van der Waals surface area contributed by atoms with Crippen LogP contribution in [0.3, 0.4) is 0 Å². The molecular formula is C12H15BrO. The molecule has 0 aromatic heterocycles. The third kappa shape index (κ3) is 1.86. The summed E-state index contributed by atoms with van der Waals surface area (Å²) in [6, 6.07) is 6.20. The molecule has 0 spiro atoms. The highest BCUT2D eigenvalue weighted by Gasteiger charge is 2.30. The Balaban J connectivity index is 2.45. The first-order chi connectivity index (χ1) is 6.48. The molecule has 1 aliphatic rings. The van der Waals surface area contributed by atoms with Crippen LogP contribution >= 0.6 is 15.9 Å². The first kappa shape index (κ1) is 10.2. The topological polar surface area (TPSA) is 20.2 Å². The van der Waals surface area contributed by atoms with Gasteiger partial charge in [-0.05, 0) is 41.5 Å². The average molecular weight is 255 g/mol. The quantitative estimate of drug-likeness (QED) is 0.752. The van der Waals surface area contributed by atoms with Gasteiger partial charge in [0.25, 0.3) is 0 Å². The fourth-order valence-electron chi connectivity index (χ4n) is 2.26. The molecule has 0 heterocycles. The molecule has 0 aliphatic heterocycles. The Bertz CT molecular complexity index is 357. The van der Waals surface area contributed by atoms with Crippen molar-refractivity contribution in [2.45, 2.75) is 32.8 Å². The smallest absolute Gasteiger partial charge is 0.0798 e. The summed E-state index contributed by atoms with van der Waals surface area (Å²) < 4.78 is 1.05. The molecule has 0 fully saturated rings. The molecule has 0 unspecified atom stereocenters. The number of hydrogen-bond acceptors (Lipinski definition) is 1. The van der Waals surface area contributed by atoms with Crippen LogP contribution in [0.15, 0.2) is 22.7 Å². The highest BCUT2D eigenvalue weighted by molar-refractivity contribution is 9.10. The van der Waals surface area contributed by atoms with Crippen LogP contribution in [0.25, 0.3) is 0 Å². The normalized spacial score (nSPS) is 24.4. The fourth-order valence-corrected chi connectivity index (χ4v) is 2.64. The Morgan fingerprint density at radius 2 is 2.14 bits per heavy atom. The largest absolute Gasteiger partial charge is 0.388 e. The van der Waals surface area contributed by atoms with Gasteiger partial charge in [-0.25, -0.2) is 0 Å². The molecule has 1 nitrogen and oxygen atoms in total. The third-order valence-electron chi connectivity index (χ3n) is 2.88. The molecule has 0 radical (unpaired) electrons. The minimum atomic E-state index is -0.300. The van der Waals surface area contributed by atoms with E-state index in [1.54, 1.807) is 0 Å². The number of hydrogen-bond donors (Lipinski definition) is 1. The zero-order valence-corrected chi connectivity index (χ0v) is 10.1. The molecule has 1 aromatic rings. The maximum atomic E-state index is 10.0. The van der Waals surface area contributed by atoms with E-state index in [4.69, 9.17) is 0 Å². The van der Waals surface area contributed by atoms with Crippen molar-refractivity contribution in [1.82, 2.24) is 0 Å². The van der Waals surface area contributed by atoms with Gasteiger partial charge in [0, 0.05) is 4.47 Å². The number of aliphatic hydroxyl groups is 1. The van der Waals surface area contributed by atoms with Crippen molar-refractivity contribution in [2.24, 2.45) is 5.41 Å². The number of fused-ring (bicyclic) bond motifs is 1. The maximum absolute atomic E-state index is 10.0. The monoisotopic (exact) mass is 254 g/mol. The van der Waals surface area contributed by atoms with Gasteiger partial charge >= 0.3 is 0 Å². The second kappa shape index (κ2) is 3.35. The second-order valence-corrected chi connectivity index (χ2v) is 5.82. The number of halogens is 1. The SMILES string of the molecule is CC1(C)Cc2ccc(Br)cc2[C@@H](O)C1. The summed E-state index contributed by atoms with van der Waals surface area (Å²) in [7, 11) is 0. The predicted molar refractivity (Wildman–Crippen MR) is 61.2 cm³/mol. The fraction of sp³-hybridized carbons (Fsp3) is 0.500. The Labute approximate surface area is 93.3 Å². The van der Waals surface area contributed by atoms with Crippen LogP contribution in [0.2, 0.25) is 0 Å². The van der Waals surface area contributed by atoms with E-state index in [0.717, 1.165) is 22.9 Å². The van der Waals surface area contributed by atoms with Crippen molar-refractivity contribution in [3.05, 3.63) is 33.8 Å². The lowest BCUT2D eigenvalue weighted by molar-refractivity contribution is 0.0997. The van der Waals surface area contributed by atoms with E-state index >= 15 is 0 Å². The molecule has 0 amide bonds. The Morgan fingerprint density at radius 1 is 1.43 bits per heavy atom. The first-order valence-corrected chi connectivity index (χ1v) is 5.74. The van der Waals surface area contributed by atoms with E-state index in [1.165, 1.54) is 5.56 Å². The molecule has 1 aromatic carbocycles. The molecule has 2 rings (SSSR count). The van der Waals surface area contributed by atoms with Gasteiger partial charge in [-0.3, -0.25) is 0 Å². The van der Waals surface area contributed by atoms with Crippen molar-refractivity contribution in [3.8, 4) is 0 Å². The molecule has 0 bridgehead atoms. The van der Waals surface area contributed by atoms with E-state index in [-0.39, 0.29) is 11.5 Å². The van der Waals surface area contributed by atoms with Gasteiger partial charge in [-0.15, -0.1) is 0 Å². The molecule has 1 atom stereocenters. The molecule has 0 saturated carbocycles. The van der Waals surface area contributed by atoms with Crippen LogP contribution in [-0.4, -0.2) is 5.11 Å². The van der Waals surface area contributed by atoms with Crippen LogP contribution in [-0.2, 0) is 6.42 Å². The van der Waals surface area contributed by atoms with Crippen LogP contribution < -0.4 is 0 Å². The van der Waals surface area contributed by atoms with Gasteiger partial charge in [0.15, 0.2) is 0 Å². The van der Waals surface area contributed by atoms with Gasteiger partial charge in [0.05, 0.1) is 6.10 Å². The van der Waals surface area contributed by atoms with E-state index in [2.05, 4.69) is 35.8 Å². The zero-order chi connectivity index (χ0) is 10.3. The summed E-state index contributed by atoms with van der Waals surface area (Å²) in [6.45, 7) is 4.42. The second-order valence-electron chi connectivity index (χ2n) is 4.90.